The predicted octanol–water partition coefficient (Wildman–Crippen LogP) is 4.53. The van der Waals surface area contributed by atoms with E-state index in [9.17, 15) is 14.7 Å². The number of hydrogen-bond acceptors (Lipinski definition) is 8. The summed E-state index contributed by atoms with van der Waals surface area (Å²) in [5.74, 6) is 6.70. The van der Waals surface area contributed by atoms with Crippen LogP contribution in [0.4, 0.5) is 5.69 Å². The van der Waals surface area contributed by atoms with Crippen LogP contribution in [0.15, 0.2) is 47.5 Å². The van der Waals surface area contributed by atoms with Crippen LogP contribution in [-0.4, -0.2) is 50.5 Å². The smallest absolute Gasteiger partial charge is 0.226 e. The van der Waals surface area contributed by atoms with Gasteiger partial charge >= 0.3 is 0 Å². The number of aromatic nitrogens is 3. The molecule has 1 aliphatic rings. The van der Waals surface area contributed by atoms with Gasteiger partial charge < -0.3 is 21.5 Å². The number of nitrogens with zero attached hydrogens (tertiary/aromatic N) is 4. The number of benzene rings is 2. The van der Waals surface area contributed by atoms with Gasteiger partial charge in [0.05, 0.1) is 18.7 Å². The molecule has 0 spiro atoms. The third-order valence-electron chi connectivity index (χ3n) is 7.46. The van der Waals surface area contributed by atoms with E-state index in [1.165, 1.54) is 0 Å². The Balaban J connectivity index is 1.29. The maximum Gasteiger partial charge on any atom is 0.226 e. The van der Waals surface area contributed by atoms with Crippen LogP contribution in [-0.2, 0) is 16.2 Å². The van der Waals surface area contributed by atoms with Gasteiger partial charge in [-0.1, -0.05) is 35.6 Å². The summed E-state index contributed by atoms with van der Waals surface area (Å²) in [6.07, 6.45) is 0.643. The van der Waals surface area contributed by atoms with Crippen molar-refractivity contribution >= 4 is 46.2 Å². The van der Waals surface area contributed by atoms with Crippen LogP contribution in [0.5, 0.6) is 0 Å². The summed E-state index contributed by atoms with van der Waals surface area (Å²) in [7, 11) is 0. The maximum atomic E-state index is 13.2. The second-order valence-corrected chi connectivity index (χ2v) is 12.3. The number of nitrogens with one attached hydrogen (secondary N) is 2. The molecule has 0 saturated carbocycles. The molecule has 1 atom stereocenters. The molecule has 2 aromatic heterocycles. The number of carbonyl (C=O) groups is 2. The monoisotopic (exact) mass is 643 g/mol. The molecule has 2 amide bonds. The fraction of sp³-hybridized carbons (Fsp3) is 0.303. The molecule has 0 fully saturated rings. The number of hydrogen-bond donors (Lipinski definition) is 4. The zero-order valence-electron chi connectivity index (χ0n) is 25.3. The molecule has 3 heterocycles. The molecule has 232 valence electrons. The third-order valence-corrected chi connectivity index (χ3v) is 8.91. The lowest BCUT2D eigenvalue weighted by atomic mass is 9.99. The first kappa shape index (κ1) is 32.1. The summed E-state index contributed by atoms with van der Waals surface area (Å²) in [6, 6.07) is 12.1. The van der Waals surface area contributed by atoms with Crippen molar-refractivity contribution in [1.29, 1.82) is 0 Å². The second kappa shape index (κ2) is 14.2. The van der Waals surface area contributed by atoms with Gasteiger partial charge in [0, 0.05) is 58.2 Å². The van der Waals surface area contributed by atoms with Crippen LogP contribution in [0.1, 0.15) is 69.6 Å². The zero-order chi connectivity index (χ0) is 32.1. The lowest BCUT2D eigenvalue weighted by Gasteiger charge is -2.13. The van der Waals surface area contributed by atoms with Crippen molar-refractivity contribution in [2.75, 3.05) is 18.4 Å². The van der Waals surface area contributed by atoms with Gasteiger partial charge in [0.1, 0.15) is 16.9 Å². The first-order valence-corrected chi connectivity index (χ1v) is 15.7. The van der Waals surface area contributed by atoms with Crippen LogP contribution in [0.3, 0.4) is 0 Å². The van der Waals surface area contributed by atoms with Gasteiger partial charge in [0.15, 0.2) is 5.82 Å². The summed E-state index contributed by atoms with van der Waals surface area (Å²) >= 11 is 7.83. The summed E-state index contributed by atoms with van der Waals surface area (Å²) < 4.78 is 1.99. The molecule has 5 rings (SSSR count). The Hall–Kier alpha value is -4.34. The number of aliphatic hydroxyl groups is 1. The van der Waals surface area contributed by atoms with Crippen molar-refractivity contribution < 1.29 is 14.7 Å². The van der Waals surface area contributed by atoms with Crippen LogP contribution >= 0.6 is 22.9 Å². The highest BCUT2D eigenvalue weighted by Crippen LogP contribution is 2.39. The van der Waals surface area contributed by atoms with E-state index in [0.717, 1.165) is 32.3 Å². The van der Waals surface area contributed by atoms with Gasteiger partial charge in [0.2, 0.25) is 11.8 Å². The predicted molar refractivity (Wildman–Crippen MR) is 177 cm³/mol. The summed E-state index contributed by atoms with van der Waals surface area (Å²) in [5.41, 5.74) is 11.1. The highest BCUT2D eigenvalue weighted by atomic mass is 35.5. The van der Waals surface area contributed by atoms with E-state index in [0.29, 0.717) is 46.5 Å². The van der Waals surface area contributed by atoms with Crippen molar-refractivity contribution in [3.8, 4) is 16.8 Å². The lowest BCUT2D eigenvalue weighted by molar-refractivity contribution is -0.121. The van der Waals surface area contributed by atoms with E-state index in [1.54, 1.807) is 29.5 Å². The van der Waals surface area contributed by atoms with Crippen molar-refractivity contribution in [2.24, 2.45) is 10.7 Å². The Bertz CT molecular complexity index is 1830. The Morgan fingerprint density at radius 3 is 2.62 bits per heavy atom. The molecule has 1 aliphatic heterocycles. The molecule has 2 aromatic carbocycles. The standard InChI is InChI=1S/C33H34ClN7O3S/c1-19-20(2)45-33-30(19)31(23-7-10-25(34)11-8-23)38-27(32-40-39-21(3)41(32)33)17-29(44)36-15-13-28(43)37-26-12-9-22(6-4-5-14-35)24(16-26)18-42/h7-12,16,27,42H,5,13-15,17-18,35H2,1-3H3,(H,36,44)(H,37,43)/t27-/m0/s1. The van der Waals surface area contributed by atoms with Crippen LogP contribution in [0.25, 0.3) is 5.00 Å². The quantitative estimate of drug-likeness (QED) is 0.197. The molecular formula is C33H34ClN7O3S. The Morgan fingerprint density at radius 2 is 1.89 bits per heavy atom. The highest BCUT2D eigenvalue weighted by molar-refractivity contribution is 7.15. The Kier molecular flexibility index (Phi) is 10.1. The van der Waals surface area contributed by atoms with Gasteiger partial charge in [-0.2, -0.15) is 0 Å². The van der Waals surface area contributed by atoms with Gasteiger partial charge in [-0.15, -0.1) is 21.5 Å². The van der Waals surface area contributed by atoms with Crippen LogP contribution < -0.4 is 16.4 Å². The molecule has 0 saturated heterocycles. The molecule has 45 heavy (non-hydrogen) atoms. The van der Waals surface area contributed by atoms with Crippen LogP contribution in [0.2, 0.25) is 5.02 Å². The molecule has 0 unspecified atom stereocenters. The number of nitrogens with two attached hydrogens (primary N) is 1. The first-order chi connectivity index (χ1) is 21.7. The first-order valence-electron chi connectivity index (χ1n) is 14.6. The average Bonchev–Trinajstić information content (AvgIpc) is 3.50. The number of carbonyl (C=O) groups excluding carboxylic acids is 2. The van der Waals surface area contributed by atoms with E-state index >= 15 is 0 Å². The largest absolute Gasteiger partial charge is 0.392 e. The Labute approximate surface area is 270 Å². The number of rotatable bonds is 9. The lowest BCUT2D eigenvalue weighted by Crippen LogP contribution is -2.29. The van der Waals surface area contributed by atoms with Crippen LogP contribution in [0, 0.1) is 32.6 Å². The van der Waals surface area contributed by atoms with E-state index in [1.807, 2.05) is 35.8 Å². The molecule has 0 aliphatic carbocycles. The summed E-state index contributed by atoms with van der Waals surface area (Å²) in [4.78, 5) is 32.1. The summed E-state index contributed by atoms with van der Waals surface area (Å²) in [6.45, 7) is 6.42. The van der Waals surface area contributed by atoms with Crippen molar-refractivity contribution in [3.63, 3.8) is 0 Å². The van der Waals surface area contributed by atoms with E-state index < -0.39 is 6.04 Å². The Morgan fingerprint density at radius 1 is 1.11 bits per heavy atom. The van der Waals surface area contributed by atoms with Crippen molar-refractivity contribution in [2.45, 2.75) is 52.7 Å². The minimum absolute atomic E-state index is 0.0241. The van der Waals surface area contributed by atoms with E-state index in [2.05, 4.69) is 46.5 Å². The molecule has 5 N–H and O–H groups in total. The van der Waals surface area contributed by atoms with E-state index in [-0.39, 0.29) is 37.8 Å². The SMILES string of the molecule is Cc1sc2c(c1C)C(c1ccc(Cl)cc1)=N[C@@H](CC(=O)NCCC(=O)Nc1ccc(C#CCCN)c(CO)c1)c1nnc(C)n1-2. The average molecular weight is 644 g/mol. The molecule has 0 bridgehead atoms. The topological polar surface area (TPSA) is 148 Å². The molecule has 4 aromatic rings. The third kappa shape index (κ3) is 7.16. The van der Waals surface area contributed by atoms with Gasteiger partial charge in [0.25, 0.3) is 0 Å². The number of thiophene rings is 1. The number of aryl methyl sites for hydroxylation is 2. The van der Waals surface area contributed by atoms with Gasteiger partial charge in [-0.25, -0.2) is 0 Å². The van der Waals surface area contributed by atoms with Crippen molar-refractivity contribution in [1.82, 2.24) is 20.1 Å². The summed E-state index contributed by atoms with van der Waals surface area (Å²) in [5, 5.41) is 25.8. The molecule has 12 heteroatoms. The number of fused-ring (bicyclic) bond motifs is 3. The normalized spacial score (nSPS) is 13.6. The highest BCUT2D eigenvalue weighted by Gasteiger charge is 2.32. The molecular weight excluding hydrogens is 610 g/mol. The van der Waals surface area contributed by atoms with Gasteiger partial charge in [-0.05, 0) is 62.2 Å². The van der Waals surface area contributed by atoms with Gasteiger partial charge in [-0.3, -0.25) is 19.1 Å². The number of halogens is 1. The van der Waals surface area contributed by atoms with E-state index in [4.69, 9.17) is 22.3 Å². The minimum atomic E-state index is -0.603. The fourth-order valence-electron chi connectivity index (χ4n) is 5.07. The number of amides is 2. The minimum Gasteiger partial charge on any atom is -0.392 e. The number of aliphatic imine (C=N–C) groups is 1. The zero-order valence-corrected chi connectivity index (χ0v) is 26.8. The van der Waals surface area contributed by atoms with Crippen molar-refractivity contribution in [3.05, 3.63) is 91.8 Å². The maximum absolute atomic E-state index is 13.2. The second-order valence-electron chi connectivity index (χ2n) is 10.6. The fourth-order valence-corrected chi connectivity index (χ4v) is 6.41. The number of aliphatic hydroxyl groups excluding tert-OH is 1. The molecule has 10 nitrogen and oxygen atoms in total. The number of anilines is 1. The molecule has 0 radical (unpaired) electrons.